The number of piperidine rings is 1. The number of hydrogen-bond donors (Lipinski definition) is 1. The Balaban J connectivity index is 2.04. The molecule has 3 nitrogen and oxygen atoms in total. The standard InChI is InChI=1S/C16H21NO2S/c18-15(19)12-16(17-9-4-1-5-10-17)8-11-20-14-7-3-2-6-13(14)16/h2-3,6-7H,1,4-5,8-12H2,(H,18,19). The topological polar surface area (TPSA) is 40.5 Å². The third kappa shape index (κ3) is 2.47. The van der Waals surface area contributed by atoms with Crippen LogP contribution in [-0.4, -0.2) is 34.8 Å². The van der Waals surface area contributed by atoms with E-state index in [9.17, 15) is 9.90 Å². The van der Waals surface area contributed by atoms with Crippen LogP contribution < -0.4 is 0 Å². The maximum Gasteiger partial charge on any atom is 0.305 e. The van der Waals surface area contributed by atoms with Crippen LogP contribution in [0.5, 0.6) is 0 Å². The van der Waals surface area contributed by atoms with Crippen molar-refractivity contribution in [3.8, 4) is 0 Å². The number of carboxylic acids is 1. The Labute approximate surface area is 124 Å². The van der Waals surface area contributed by atoms with Crippen molar-refractivity contribution in [2.24, 2.45) is 0 Å². The van der Waals surface area contributed by atoms with E-state index in [0.717, 1.165) is 25.3 Å². The van der Waals surface area contributed by atoms with Gasteiger partial charge in [-0.15, -0.1) is 11.8 Å². The van der Waals surface area contributed by atoms with E-state index >= 15 is 0 Å². The lowest BCUT2D eigenvalue weighted by Gasteiger charge is -2.48. The van der Waals surface area contributed by atoms with Gasteiger partial charge in [-0.25, -0.2) is 0 Å². The summed E-state index contributed by atoms with van der Waals surface area (Å²) < 4.78 is 0. The molecule has 0 aliphatic carbocycles. The lowest BCUT2D eigenvalue weighted by atomic mass is 9.80. The molecule has 2 heterocycles. The molecular formula is C16H21NO2S. The molecule has 1 atom stereocenters. The predicted octanol–water partition coefficient (Wildman–Crippen LogP) is 3.34. The van der Waals surface area contributed by atoms with Crippen molar-refractivity contribution in [2.75, 3.05) is 18.8 Å². The highest BCUT2D eigenvalue weighted by Crippen LogP contribution is 2.46. The molecule has 0 bridgehead atoms. The smallest absolute Gasteiger partial charge is 0.305 e. The lowest BCUT2D eigenvalue weighted by Crippen LogP contribution is -2.51. The zero-order valence-corrected chi connectivity index (χ0v) is 12.5. The van der Waals surface area contributed by atoms with Gasteiger partial charge in [0.25, 0.3) is 0 Å². The summed E-state index contributed by atoms with van der Waals surface area (Å²) in [4.78, 5) is 15.2. The Hall–Kier alpha value is -1.00. The Kier molecular flexibility index (Phi) is 4.03. The van der Waals surface area contributed by atoms with Crippen LogP contribution >= 0.6 is 11.8 Å². The molecule has 3 rings (SSSR count). The van der Waals surface area contributed by atoms with Gasteiger partial charge in [0.2, 0.25) is 0 Å². The number of carbonyl (C=O) groups is 1. The molecule has 1 saturated heterocycles. The number of fused-ring (bicyclic) bond motifs is 1. The van der Waals surface area contributed by atoms with Gasteiger partial charge in [0.05, 0.1) is 12.0 Å². The molecule has 20 heavy (non-hydrogen) atoms. The summed E-state index contributed by atoms with van der Waals surface area (Å²) in [5.74, 6) is 0.332. The van der Waals surface area contributed by atoms with Gasteiger partial charge >= 0.3 is 5.97 Å². The summed E-state index contributed by atoms with van der Waals surface area (Å²) in [5, 5.41) is 9.45. The van der Waals surface area contributed by atoms with Gasteiger partial charge in [0.1, 0.15) is 0 Å². The number of carboxylic acid groups (broad SMARTS) is 1. The first-order chi connectivity index (χ1) is 9.72. The second kappa shape index (κ2) is 5.78. The van der Waals surface area contributed by atoms with Gasteiger partial charge in [-0.1, -0.05) is 24.6 Å². The average molecular weight is 291 g/mol. The van der Waals surface area contributed by atoms with Crippen LogP contribution in [0.25, 0.3) is 0 Å². The van der Waals surface area contributed by atoms with Crippen LogP contribution in [-0.2, 0) is 10.3 Å². The van der Waals surface area contributed by atoms with Gasteiger partial charge in [0, 0.05) is 10.6 Å². The second-order valence-electron chi connectivity index (χ2n) is 5.74. The third-order valence-electron chi connectivity index (χ3n) is 4.57. The second-order valence-corrected chi connectivity index (χ2v) is 6.88. The molecule has 1 fully saturated rings. The van der Waals surface area contributed by atoms with Gasteiger partial charge < -0.3 is 5.11 Å². The molecule has 0 aromatic heterocycles. The summed E-state index contributed by atoms with van der Waals surface area (Å²) in [7, 11) is 0. The van der Waals surface area contributed by atoms with E-state index in [0.29, 0.717) is 0 Å². The summed E-state index contributed by atoms with van der Waals surface area (Å²) in [6, 6.07) is 8.38. The van der Waals surface area contributed by atoms with E-state index in [1.807, 2.05) is 17.8 Å². The predicted molar refractivity (Wildman–Crippen MR) is 81.1 cm³/mol. The van der Waals surface area contributed by atoms with Crippen LogP contribution in [0.1, 0.15) is 37.7 Å². The molecule has 1 unspecified atom stereocenters. The molecule has 1 aromatic rings. The molecule has 0 spiro atoms. The van der Waals surface area contributed by atoms with E-state index < -0.39 is 5.97 Å². The fraction of sp³-hybridized carbons (Fsp3) is 0.562. The molecule has 2 aliphatic heterocycles. The summed E-state index contributed by atoms with van der Waals surface area (Å²) in [6.07, 6.45) is 4.83. The lowest BCUT2D eigenvalue weighted by molar-refractivity contribution is -0.141. The Morgan fingerprint density at radius 2 is 2.00 bits per heavy atom. The van der Waals surface area contributed by atoms with Gasteiger partial charge in [0.15, 0.2) is 0 Å². The summed E-state index contributed by atoms with van der Waals surface area (Å²) >= 11 is 1.86. The largest absolute Gasteiger partial charge is 0.481 e. The van der Waals surface area contributed by atoms with Crippen molar-refractivity contribution in [1.29, 1.82) is 0 Å². The zero-order chi connectivity index (χ0) is 14.0. The van der Waals surface area contributed by atoms with Crippen LogP contribution in [0, 0.1) is 0 Å². The first kappa shape index (κ1) is 14.0. The van der Waals surface area contributed by atoms with Crippen molar-refractivity contribution in [1.82, 2.24) is 4.90 Å². The van der Waals surface area contributed by atoms with Crippen molar-refractivity contribution < 1.29 is 9.90 Å². The number of hydrogen-bond acceptors (Lipinski definition) is 3. The number of nitrogens with zero attached hydrogens (tertiary/aromatic N) is 1. The number of thioether (sulfide) groups is 1. The molecule has 108 valence electrons. The highest BCUT2D eigenvalue weighted by molar-refractivity contribution is 7.99. The molecule has 2 aliphatic rings. The quantitative estimate of drug-likeness (QED) is 0.927. The molecule has 4 heteroatoms. The molecule has 1 aromatic carbocycles. The number of likely N-dealkylation sites (tertiary alicyclic amines) is 1. The zero-order valence-electron chi connectivity index (χ0n) is 11.7. The van der Waals surface area contributed by atoms with Gasteiger partial charge in [-0.3, -0.25) is 9.69 Å². The molecular weight excluding hydrogens is 270 g/mol. The van der Waals surface area contributed by atoms with Crippen molar-refractivity contribution in [2.45, 2.75) is 42.5 Å². The monoisotopic (exact) mass is 291 g/mol. The SMILES string of the molecule is O=C(O)CC1(N2CCCCC2)CCSc2ccccc21. The van der Waals surface area contributed by atoms with Crippen molar-refractivity contribution >= 4 is 17.7 Å². The number of aliphatic carboxylic acids is 1. The average Bonchev–Trinajstić information content (AvgIpc) is 2.48. The van der Waals surface area contributed by atoms with Crippen LogP contribution in [0.15, 0.2) is 29.2 Å². The highest BCUT2D eigenvalue weighted by atomic mass is 32.2. The maximum absolute atomic E-state index is 11.5. The molecule has 0 saturated carbocycles. The Morgan fingerprint density at radius 1 is 1.25 bits per heavy atom. The van der Waals surface area contributed by atoms with Crippen LogP contribution in [0.3, 0.4) is 0 Å². The fourth-order valence-electron chi connectivity index (χ4n) is 3.64. The minimum Gasteiger partial charge on any atom is -0.481 e. The van der Waals surface area contributed by atoms with E-state index in [4.69, 9.17) is 0 Å². The van der Waals surface area contributed by atoms with E-state index in [1.54, 1.807) is 0 Å². The molecule has 1 N–H and O–H groups in total. The number of rotatable bonds is 3. The van der Waals surface area contributed by atoms with Crippen molar-refractivity contribution in [3.63, 3.8) is 0 Å². The van der Waals surface area contributed by atoms with E-state index in [1.165, 1.54) is 29.7 Å². The maximum atomic E-state index is 11.5. The first-order valence-corrected chi connectivity index (χ1v) is 8.40. The minimum absolute atomic E-state index is 0.227. The normalized spacial score (nSPS) is 27.0. The van der Waals surface area contributed by atoms with Crippen molar-refractivity contribution in [3.05, 3.63) is 29.8 Å². The van der Waals surface area contributed by atoms with Gasteiger partial charge in [-0.2, -0.15) is 0 Å². The van der Waals surface area contributed by atoms with Crippen LogP contribution in [0.4, 0.5) is 0 Å². The van der Waals surface area contributed by atoms with Gasteiger partial charge in [-0.05, 0) is 44.0 Å². The summed E-state index contributed by atoms with van der Waals surface area (Å²) in [6.45, 7) is 2.07. The fourth-order valence-corrected chi connectivity index (χ4v) is 4.89. The first-order valence-electron chi connectivity index (χ1n) is 7.41. The highest BCUT2D eigenvalue weighted by Gasteiger charge is 2.43. The molecule has 0 radical (unpaired) electrons. The summed E-state index contributed by atoms with van der Waals surface area (Å²) in [5.41, 5.74) is 0.953. The van der Waals surface area contributed by atoms with E-state index in [-0.39, 0.29) is 12.0 Å². The van der Waals surface area contributed by atoms with Crippen LogP contribution in [0.2, 0.25) is 0 Å². The Bertz CT molecular complexity index is 499. The Morgan fingerprint density at radius 3 is 2.75 bits per heavy atom. The van der Waals surface area contributed by atoms with E-state index in [2.05, 4.69) is 23.1 Å². The number of benzene rings is 1. The third-order valence-corrected chi connectivity index (χ3v) is 5.64. The minimum atomic E-state index is -0.683. The molecule has 0 amide bonds.